The van der Waals surface area contributed by atoms with Gasteiger partial charge in [0.2, 0.25) is 0 Å². The van der Waals surface area contributed by atoms with Gasteiger partial charge in [0.25, 0.3) is 0 Å². The predicted octanol–water partition coefficient (Wildman–Crippen LogP) is 0.991. The third-order valence-corrected chi connectivity index (χ3v) is 2.22. The van der Waals surface area contributed by atoms with Crippen LogP contribution in [0.1, 0.15) is 26.1 Å². The molecule has 0 fully saturated rings. The number of aliphatic imine (C=N–C) groups is 1. The maximum Gasteiger partial charge on any atom is 0.191 e. The standard InChI is InChI=1S/C10H20N6.HI/c1-4-6-12-10(11-3)13-7-9-15-14-8-16(9)5-2;/h8H,4-7H2,1-3H3,(H2,11,12,13);1H. The first-order valence-electron chi connectivity index (χ1n) is 5.63. The molecular formula is C10H21IN6. The highest BCUT2D eigenvalue weighted by Crippen LogP contribution is 1.93. The van der Waals surface area contributed by atoms with Gasteiger partial charge in [0.1, 0.15) is 6.33 Å². The molecule has 0 amide bonds. The van der Waals surface area contributed by atoms with E-state index >= 15 is 0 Å². The molecule has 1 heterocycles. The van der Waals surface area contributed by atoms with Crippen LogP contribution < -0.4 is 10.6 Å². The van der Waals surface area contributed by atoms with Crippen molar-refractivity contribution in [3.8, 4) is 0 Å². The fourth-order valence-electron chi connectivity index (χ4n) is 1.31. The first-order chi connectivity index (χ1) is 7.81. The fraction of sp³-hybridized carbons (Fsp3) is 0.700. The van der Waals surface area contributed by atoms with Crippen molar-refractivity contribution >= 4 is 29.9 Å². The van der Waals surface area contributed by atoms with E-state index in [0.717, 1.165) is 31.3 Å². The van der Waals surface area contributed by atoms with Crippen LogP contribution in [-0.4, -0.2) is 34.3 Å². The summed E-state index contributed by atoms with van der Waals surface area (Å²) in [5.74, 6) is 1.72. The Bertz CT molecular complexity index is 335. The average Bonchev–Trinajstić information content (AvgIpc) is 2.77. The van der Waals surface area contributed by atoms with Crippen LogP contribution >= 0.6 is 24.0 Å². The van der Waals surface area contributed by atoms with Gasteiger partial charge in [-0.25, -0.2) is 0 Å². The molecule has 17 heavy (non-hydrogen) atoms. The molecule has 0 spiro atoms. The Morgan fingerprint density at radius 1 is 1.41 bits per heavy atom. The summed E-state index contributed by atoms with van der Waals surface area (Å²) in [5.41, 5.74) is 0. The summed E-state index contributed by atoms with van der Waals surface area (Å²) >= 11 is 0. The van der Waals surface area contributed by atoms with Crippen molar-refractivity contribution in [2.75, 3.05) is 13.6 Å². The molecule has 1 rings (SSSR count). The number of hydrogen-bond acceptors (Lipinski definition) is 3. The second-order valence-corrected chi connectivity index (χ2v) is 3.39. The predicted molar refractivity (Wildman–Crippen MR) is 79.6 cm³/mol. The van der Waals surface area contributed by atoms with Crippen molar-refractivity contribution in [1.82, 2.24) is 25.4 Å². The minimum absolute atomic E-state index is 0. The lowest BCUT2D eigenvalue weighted by Gasteiger charge is -2.10. The second-order valence-electron chi connectivity index (χ2n) is 3.39. The average molecular weight is 352 g/mol. The highest BCUT2D eigenvalue weighted by molar-refractivity contribution is 14.0. The van der Waals surface area contributed by atoms with Crippen LogP contribution in [-0.2, 0) is 13.1 Å². The number of nitrogens with zero attached hydrogens (tertiary/aromatic N) is 4. The van der Waals surface area contributed by atoms with Gasteiger partial charge >= 0.3 is 0 Å². The molecule has 1 aromatic rings. The van der Waals surface area contributed by atoms with Crippen molar-refractivity contribution in [3.63, 3.8) is 0 Å². The molecule has 0 unspecified atom stereocenters. The first kappa shape index (κ1) is 16.1. The van der Waals surface area contributed by atoms with Gasteiger partial charge in [-0.15, -0.1) is 34.2 Å². The topological polar surface area (TPSA) is 67.1 Å². The molecule has 1 aromatic heterocycles. The lowest BCUT2D eigenvalue weighted by Crippen LogP contribution is -2.37. The zero-order valence-electron chi connectivity index (χ0n) is 10.6. The van der Waals surface area contributed by atoms with Crippen LogP contribution in [0, 0.1) is 0 Å². The van der Waals surface area contributed by atoms with Gasteiger partial charge < -0.3 is 15.2 Å². The molecule has 0 saturated heterocycles. The third kappa shape index (κ3) is 5.33. The highest BCUT2D eigenvalue weighted by Gasteiger charge is 2.03. The van der Waals surface area contributed by atoms with E-state index in [2.05, 4.69) is 39.7 Å². The summed E-state index contributed by atoms with van der Waals surface area (Å²) in [4.78, 5) is 4.12. The van der Waals surface area contributed by atoms with Gasteiger partial charge in [-0.2, -0.15) is 0 Å². The lowest BCUT2D eigenvalue weighted by atomic mass is 10.5. The number of halogens is 1. The van der Waals surface area contributed by atoms with Crippen molar-refractivity contribution in [1.29, 1.82) is 0 Å². The molecule has 0 saturated carbocycles. The van der Waals surface area contributed by atoms with Crippen molar-refractivity contribution in [2.45, 2.75) is 33.4 Å². The van der Waals surface area contributed by atoms with E-state index in [-0.39, 0.29) is 24.0 Å². The summed E-state index contributed by atoms with van der Waals surface area (Å²) in [7, 11) is 1.76. The Labute approximate surface area is 119 Å². The Balaban J connectivity index is 0.00000256. The van der Waals surface area contributed by atoms with Crippen molar-refractivity contribution in [2.24, 2.45) is 4.99 Å². The molecule has 0 radical (unpaired) electrons. The molecule has 0 atom stereocenters. The van der Waals surface area contributed by atoms with Gasteiger partial charge in [0.05, 0.1) is 6.54 Å². The maximum absolute atomic E-state index is 4.12. The normalized spacial score (nSPS) is 10.9. The molecule has 2 N–H and O–H groups in total. The van der Waals surface area contributed by atoms with E-state index < -0.39 is 0 Å². The summed E-state index contributed by atoms with van der Waals surface area (Å²) < 4.78 is 2.00. The third-order valence-electron chi connectivity index (χ3n) is 2.22. The monoisotopic (exact) mass is 352 g/mol. The van der Waals surface area contributed by atoms with Gasteiger partial charge in [0, 0.05) is 20.1 Å². The van der Waals surface area contributed by atoms with E-state index in [1.165, 1.54) is 0 Å². The van der Waals surface area contributed by atoms with E-state index in [1.54, 1.807) is 13.4 Å². The summed E-state index contributed by atoms with van der Waals surface area (Å²) in [5, 5.41) is 14.3. The van der Waals surface area contributed by atoms with Crippen LogP contribution in [0.2, 0.25) is 0 Å². The molecule has 7 heteroatoms. The van der Waals surface area contributed by atoms with Crippen LogP contribution in [0.5, 0.6) is 0 Å². The number of aryl methyl sites for hydroxylation is 1. The Kier molecular flexibility index (Phi) is 8.73. The number of hydrogen-bond donors (Lipinski definition) is 2. The summed E-state index contributed by atoms with van der Waals surface area (Å²) in [6.45, 7) is 6.62. The zero-order valence-corrected chi connectivity index (χ0v) is 12.9. The minimum Gasteiger partial charge on any atom is -0.356 e. The van der Waals surface area contributed by atoms with E-state index in [0.29, 0.717) is 6.54 Å². The maximum atomic E-state index is 4.12. The molecule has 0 aliphatic carbocycles. The number of guanidine groups is 1. The van der Waals surface area contributed by atoms with Gasteiger partial charge in [-0.05, 0) is 13.3 Å². The van der Waals surface area contributed by atoms with E-state index in [4.69, 9.17) is 0 Å². The van der Waals surface area contributed by atoms with Crippen molar-refractivity contribution < 1.29 is 0 Å². The first-order valence-corrected chi connectivity index (χ1v) is 5.63. The lowest BCUT2D eigenvalue weighted by molar-refractivity contribution is 0.669. The number of rotatable bonds is 5. The summed E-state index contributed by atoms with van der Waals surface area (Å²) in [6, 6.07) is 0. The van der Waals surface area contributed by atoms with Crippen LogP contribution in [0.3, 0.4) is 0 Å². The molecule has 98 valence electrons. The van der Waals surface area contributed by atoms with Gasteiger partial charge in [-0.3, -0.25) is 4.99 Å². The number of aromatic nitrogens is 3. The Morgan fingerprint density at radius 2 is 2.18 bits per heavy atom. The minimum atomic E-state index is 0. The second kappa shape index (κ2) is 9.20. The van der Waals surface area contributed by atoms with Crippen LogP contribution in [0.15, 0.2) is 11.3 Å². The SMILES string of the molecule is CCCNC(=NC)NCc1nncn1CC.I. The smallest absolute Gasteiger partial charge is 0.191 e. The van der Waals surface area contributed by atoms with Crippen LogP contribution in [0.4, 0.5) is 0 Å². The summed E-state index contributed by atoms with van der Waals surface area (Å²) in [6.07, 6.45) is 2.81. The van der Waals surface area contributed by atoms with E-state index in [1.807, 2.05) is 4.57 Å². The quantitative estimate of drug-likeness (QED) is 0.471. The molecule has 0 aliphatic rings. The number of nitrogens with one attached hydrogen (secondary N) is 2. The molecule has 0 aliphatic heterocycles. The zero-order chi connectivity index (χ0) is 11.8. The molecular weight excluding hydrogens is 331 g/mol. The Morgan fingerprint density at radius 3 is 2.76 bits per heavy atom. The fourth-order valence-corrected chi connectivity index (χ4v) is 1.31. The molecule has 0 bridgehead atoms. The molecule has 6 nitrogen and oxygen atoms in total. The van der Waals surface area contributed by atoms with Gasteiger partial charge in [-0.1, -0.05) is 6.92 Å². The van der Waals surface area contributed by atoms with Crippen LogP contribution in [0.25, 0.3) is 0 Å². The Hall–Kier alpha value is -0.860. The largest absolute Gasteiger partial charge is 0.356 e. The van der Waals surface area contributed by atoms with E-state index in [9.17, 15) is 0 Å². The molecule has 0 aromatic carbocycles. The van der Waals surface area contributed by atoms with Gasteiger partial charge in [0.15, 0.2) is 11.8 Å². The highest BCUT2D eigenvalue weighted by atomic mass is 127. The van der Waals surface area contributed by atoms with Crippen molar-refractivity contribution in [3.05, 3.63) is 12.2 Å².